The van der Waals surface area contributed by atoms with Crippen LogP contribution in [0, 0.1) is 0 Å². The highest BCUT2D eigenvalue weighted by atomic mass is 35.5. The van der Waals surface area contributed by atoms with E-state index in [2.05, 4.69) is 6.92 Å². The highest BCUT2D eigenvalue weighted by Crippen LogP contribution is 2.13. The predicted molar refractivity (Wildman–Crippen MR) is 128 cm³/mol. The zero-order valence-electron chi connectivity index (χ0n) is 21.0. The van der Waals surface area contributed by atoms with Crippen LogP contribution in [0.1, 0.15) is 71.1 Å². The highest BCUT2D eigenvalue weighted by Gasteiger charge is 2.25. The summed E-state index contributed by atoms with van der Waals surface area (Å²) in [5.41, 5.74) is 0. The first-order valence-corrected chi connectivity index (χ1v) is 12.1. The number of ether oxygens (including phenoxy) is 3. The molecule has 0 spiro atoms. The number of halogens is 1. The molecule has 0 aliphatic heterocycles. The van der Waals surface area contributed by atoms with E-state index in [4.69, 9.17) is 14.2 Å². The average Bonchev–Trinajstić information content (AvgIpc) is 2.72. The lowest BCUT2D eigenvalue weighted by Gasteiger charge is -2.28. The second kappa shape index (κ2) is 18.6. The van der Waals surface area contributed by atoms with Gasteiger partial charge in [0.1, 0.15) is 25.5 Å². The smallest absolute Gasteiger partial charge is 0.309 e. The fraction of sp³-hybridized carbons (Fsp3) is 0.692. The van der Waals surface area contributed by atoms with Gasteiger partial charge in [0.2, 0.25) is 0 Å². The normalized spacial score (nSPS) is 11.9. The molecule has 7 heteroatoms. The Balaban J connectivity index is 0.0000102. The van der Waals surface area contributed by atoms with Gasteiger partial charge in [-0.3, -0.25) is 9.59 Å². The van der Waals surface area contributed by atoms with Crippen molar-refractivity contribution in [1.82, 2.24) is 0 Å². The highest BCUT2D eigenvalue weighted by molar-refractivity contribution is 5.72. The first-order chi connectivity index (χ1) is 15.3. The molecule has 0 aliphatic carbocycles. The maximum absolute atomic E-state index is 12.3. The third kappa shape index (κ3) is 18.3. The van der Waals surface area contributed by atoms with Gasteiger partial charge in [-0.2, -0.15) is 0 Å². The van der Waals surface area contributed by atoms with Gasteiger partial charge in [0, 0.05) is 6.42 Å². The van der Waals surface area contributed by atoms with E-state index < -0.39 is 6.10 Å². The summed E-state index contributed by atoms with van der Waals surface area (Å²) in [4.78, 5) is 24.6. The SMILES string of the molecule is CCCCCCCCCCC(=O)O[C@H](CC(=O)OCCOc1ccccc1)C[N+](C)(C)C.[Cl-]. The van der Waals surface area contributed by atoms with E-state index in [0.29, 0.717) is 17.4 Å². The molecule has 0 fully saturated rings. The third-order valence-electron chi connectivity index (χ3n) is 5.04. The Morgan fingerprint density at radius 2 is 1.45 bits per heavy atom. The van der Waals surface area contributed by atoms with Crippen molar-refractivity contribution >= 4 is 11.9 Å². The van der Waals surface area contributed by atoms with Gasteiger partial charge in [0.15, 0.2) is 6.10 Å². The van der Waals surface area contributed by atoms with Crippen LogP contribution in [0.4, 0.5) is 0 Å². The lowest BCUT2D eigenvalue weighted by molar-refractivity contribution is -0.873. The molecule has 0 radical (unpaired) electrons. The summed E-state index contributed by atoms with van der Waals surface area (Å²) in [6.07, 6.45) is 9.41. The number of esters is 2. The second-order valence-electron chi connectivity index (χ2n) is 9.40. The molecule has 33 heavy (non-hydrogen) atoms. The molecule has 0 aliphatic rings. The van der Waals surface area contributed by atoms with Crippen LogP contribution in [-0.4, -0.2) is 63.4 Å². The molecule has 0 heterocycles. The number of unbranched alkanes of at least 4 members (excludes halogenated alkanes) is 7. The molecule has 190 valence electrons. The Kier molecular flexibility index (Phi) is 17.6. The molecule has 0 amide bonds. The molecule has 0 saturated carbocycles. The maximum atomic E-state index is 12.3. The molecule has 1 rings (SSSR count). The van der Waals surface area contributed by atoms with E-state index in [1.165, 1.54) is 32.1 Å². The van der Waals surface area contributed by atoms with Crippen molar-refractivity contribution in [2.24, 2.45) is 0 Å². The van der Waals surface area contributed by atoms with Gasteiger partial charge in [-0.05, 0) is 18.6 Å². The first kappa shape index (κ1) is 31.2. The molecule has 6 nitrogen and oxygen atoms in total. The van der Waals surface area contributed by atoms with Crippen molar-refractivity contribution in [1.29, 1.82) is 0 Å². The number of quaternary nitrogens is 1. The van der Waals surface area contributed by atoms with E-state index in [0.717, 1.165) is 25.0 Å². The topological polar surface area (TPSA) is 61.8 Å². The molecule has 0 aromatic heterocycles. The molecule has 1 atom stereocenters. The molecule has 0 saturated heterocycles. The Bertz CT molecular complexity index is 633. The first-order valence-electron chi connectivity index (χ1n) is 12.1. The molecule has 1 aromatic rings. The predicted octanol–water partition coefficient (Wildman–Crippen LogP) is 2.15. The van der Waals surface area contributed by atoms with E-state index in [1.807, 2.05) is 51.5 Å². The van der Waals surface area contributed by atoms with Crippen LogP contribution < -0.4 is 17.1 Å². The van der Waals surface area contributed by atoms with E-state index in [1.54, 1.807) is 0 Å². The summed E-state index contributed by atoms with van der Waals surface area (Å²) in [5, 5.41) is 0. The Morgan fingerprint density at radius 1 is 0.848 bits per heavy atom. The Morgan fingerprint density at radius 3 is 2.06 bits per heavy atom. The fourth-order valence-electron chi connectivity index (χ4n) is 3.48. The number of rotatable bonds is 18. The summed E-state index contributed by atoms with van der Waals surface area (Å²) in [6, 6.07) is 9.39. The van der Waals surface area contributed by atoms with Crippen molar-refractivity contribution in [3.05, 3.63) is 30.3 Å². The molecule has 0 N–H and O–H groups in total. The van der Waals surface area contributed by atoms with E-state index in [9.17, 15) is 9.59 Å². The average molecular weight is 486 g/mol. The Hall–Kier alpha value is -1.79. The van der Waals surface area contributed by atoms with E-state index in [-0.39, 0.29) is 44.0 Å². The molecule has 1 aromatic carbocycles. The number of likely N-dealkylation sites (N-methyl/N-ethyl adjacent to an activating group) is 1. The molecule has 0 bridgehead atoms. The summed E-state index contributed by atoms with van der Waals surface area (Å²) in [5.74, 6) is 0.135. The Labute approximate surface area is 207 Å². The van der Waals surface area contributed by atoms with Crippen molar-refractivity contribution in [2.45, 2.75) is 77.2 Å². The van der Waals surface area contributed by atoms with Crippen molar-refractivity contribution in [2.75, 3.05) is 40.9 Å². The molecular weight excluding hydrogens is 442 g/mol. The fourth-order valence-corrected chi connectivity index (χ4v) is 3.48. The van der Waals surface area contributed by atoms with Gasteiger partial charge in [-0.25, -0.2) is 0 Å². The lowest BCUT2D eigenvalue weighted by atomic mass is 10.1. The zero-order chi connectivity index (χ0) is 23.7. The molecule has 0 unspecified atom stereocenters. The van der Waals surface area contributed by atoms with Crippen LogP contribution in [-0.2, 0) is 19.1 Å². The summed E-state index contributed by atoms with van der Waals surface area (Å²) < 4.78 is 17.1. The number of carbonyl (C=O) groups excluding carboxylic acids is 2. The van der Waals surface area contributed by atoms with Gasteiger partial charge in [-0.15, -0.1) is 0 Å². The van der Waals surface area contributed by atoms with Crippen LogP contribution in [0.3, 0.4) is 0 Å². The van der Waals surface area contributed by atoms with Crippen LogP contribution in [0.2, 0.25) is 0 Å². The zero-order valence-corrected chi connectivity index (χ0v) is 21.8. The lowest BCUT2D eigenvalue weighted by Crippen LogP contribution is -3.00. The van der Waals surface area contributed by atoms with Gasteiger partial charge >= 0.3 is 11.9 Å². The summed E-state index contributed by atoms with van der Waals surface area (Å²) in [7, 11) is 6.04. The van der Waals surface area contributed by atoms with Crippen molar-refractivity contribution in [3.8, 4) is 5.75 Å². The van der Waals surface area contributed by atoms with Crippen LogP contribution in [0.15, 0.2) is 30.3 Å². The monoisotopic (exact) mass is 485 g/mol. The number of para-hydroxylation sites is 1. The minimum Gasteiger partial charge on any atom is -1.00 e. The summed E-state index contributed by atoms with van der Waals surface area (Å²) in [6.45, 7) is 3.22. The second-order valence-corrected chi connectivity index (χ2v) is 9.40. The maximum Gasteiger partial charge on any atom is 0.309 e. The van der Waals surface area contributed by atoms with E-state index >= 15 is 0 Å². The third-order valence-corrected chi connectivity index (χ3v) is 5.04. The minimum atomic E-state index is -0.487. The number of benzene rings is 1. The van der Waals surface area contributed by atoms with Crippen molar-refractivity contribution in [3.63, 3.8) is 0 Å². The van der Waals surface area contributed by atoms with Gasteiger partial charge in [-0.1, -0.05) is 70.1 Å². The van der Waals surface area contributed by atoms with Crippen LogP contribution >= 0.6 is 0 Å². The minimum absolute atomic E-state index is 0. The number of nitrogens with zero attached hydrogens (tertiary/aromatic N) is 1. The van der Waals surface area contributed by atoms with Crippen LogP contribution in [0.25, 0.3) is 0 Å². The molecular formula is C26H44ClNO5. The van der Waals surface area contributed by atoms with Gasteiger partial charge in [0.25, 0.3) is 0 Å². The quantitative estimate of drug-likeness (QED) is 0.181. The van der Waals surface area contributed by atoms with Crippen molar-refractivity contribution < 1.29 is 40.7 Å². The number of hydrogen-bond donors (Lipinski definition) is 0. The summed E-state index contributed by atoms with van der Waals surface area (Å²) >= 11 is 0. The largest absolute Gasteiger partial charge is 1.00 e. The van der Waals surface area contributed by atoms with Crippen LogP contribution in [0.5, 0.6) is 5.75 Å². The standard InChI is InChI=1S/C26H44NO5.ClH/c1-5-6-7-8-9-10-11-15-18-25(28)32-24(22-27(2,3)4)21-26(29)31-20-19-30-23-16-13-12-14-17-23;/h12-14,16-17,24H,5-11,15,18-22H2,1-4H3;1H/q+1;/p-1/t24-;/m1./s1. The number of carbonyl (C=O) groups is 2. The number of hydrogen-bond acceptors (Lipinski definition) is 5. The van der Waals surface area contributed by atoms with Gasteiger partial charge in [0.05, 0.1) is 27.6 Å². The van der Waals surface area contributed by atoms with Gasteiger partial charge < -0.3 is 31.1 Å².